The predicted molar refractivity (Wildman–Crippen MR) is 198 cm³/mol. The number of nitrogens with zero attached hydrogens (tertiary/aromatic N) is 2. The zero-order valence-corrected chi connectivity index (χ0v) is 31.2. The van der Waals surface area contributed by atoms with Crippen LogP contribution in [0.3, 0.4) is 0 Å². The molecule has 7 amide bonds. The van der Waals surface area contributed by atoms with E-state index in [-0.39, 0.29) is 38.2 Å². The Morgan fingerprint density at radius 3 is 2.04 bits per heavy atom. The van der Waals surface area contributed by atoms with E-state index in [2.05, 4.69) is 26.3 Å². The Balaban J connectivity index is 1.80. The molecular formula is C37H46N6O10S. The van der Waals surface area contributed by atoms with Gasteiger partial charge in [0.15, 0.2) is 0 Å². The van der Waals surface area contributed by atoms with E-state index in [0.717, 1.165) is 6.21 Å². The maximum atomic E-state index is 13.8. The van der Waals surface area contributed by atoms with Crippen LogP contribution in [-0.2, 0) is 56.2 Å². The van der Waals surface area contributed by atoms with Crippen molar-refractivity contribution in [2.24, 2.45) is 16.8 Å². The number of ether oxygens (including phenoxy) is 1. The van der Waals surface area contributed by atoms with Gasteiger partial charge in [-0.05, 0) is 41.9 Å². The molecule has 1 heterocycles. The minimum absolute atomic E-state index is 0.00952. The number of hydroxylamine groups is 2. The number of hydrogen-bond donors (Lipinski definition) is 4. The van der Waals surface area contributed by atoms with Crippen molar-refractivity contribution in [1.29, 1.82) is 0 Å². The molecule has 4 N–H and O–H groups in total. The quantitative estimate of drug-likeness (QED) is 0.0817. The van der Waals surface area contributed by atoms with Crippen LogP contribution >= 0.6 is 11.8 Å². The third-order valence-electron chi connectivity index (χ3n) is 8.00. The summed E-state index contributed by atoms with van der Waals surface area (Å²) in [4.78, 5) is 110. The Bertz CT molecular complexity index is 1630. The number of carbonyl (C=O) groups is 8. The highest BCUT2D eigenvalue weighted by atomic mass is 32.2. The fraction of sp³-hybridized carbons (Fsp3) is 0.432. The van der Waals surface area contributed by atoms with Crippen molar-refractivity contribution in [2.45, 2.75) is 70.7 Å². The molecule has 0 spiro atoms. The first-order valence-electron chi connectivity index (χ1n) is 17.3. The molecular weight excluding hydrogens is 721 g/mol. The van der Waals surface area contributed by atoms with Gasteiger partial charge in [-0.3, -0.25) is 28.8 Å². The Hall–Kier alpha value is -5.58. The first-order valence-corrected chi connectivity index (χ1v) is 18.7. The Kier molecular flexibility index (Phi) is 17.8. The lowest BCUT2D eigenvalue weighted by Gasteiger charge is -2.26. The number of benzene rings is 2. The van der Waals surface area contributed by atoms with Crippen LogP contribution in [0, 0.1) is 11.8 Å². The number of imide groups is 1. The summed E-state index contributed by atoms with van der Waals surface area (Å²) in [5, 5.41) is 10.8. The SMILES string of the molecule is CSCC[C@H](NC=O)C(=O)N[C@@H](CC(C)C)C(=O)N[C@@H](Cc1ccccc1)C(=O)NCC(/C=N\C(=O)OCc1ccccc1)C(=O)ON1C(=O)CCC1=O. The second-order valence-corrected chi connectivity index (χ2v) is 13.7. The fourth-order valence-electron chi connectivity index (χ4n) is 5.17. The number of aliphatic imine (C=N–C) groups is 1. The van der Waals surface area contributed by atoms with Crippen LogP contribution in [0.5, 0.6) is 0 Å². The fourth-order valence-corrected chi connectivity index (χ4v) is 5.64. The molecule has 4 atom stereocenters. The Labute approximate surface area is 317 Å². The summed E-state index contributed by atoms with van der Waals surface area (Å²) in [6.07, 6.45) is 2.35. The van der Waals surface area contributed by atoms with E-state index in [1.165, 1.54) is 11.8 Å². The topological polar surface area (TPSA) is 219 Å². The number of hydrogen-bond acceptors (Lipinski definition) is 11. The maximum absolute atomic E-state index is 13.8. The minimum atomic E-state index is -1.48. The van der Waals surface area contributed by atoms with Gasteiger partial charge >= 0.3 is 12.1 Å². The van der Waals surface area contributed by atoms with E-state index in [4.69, 9.17) is 9.57 Å². The van der Waals surface area contributed by atoms with E-state index < -0.39 is 72.2 Å². The van der Waals surface area contributed by atoms with Gasteiger partial charge in [-0.1, -0.05) is 74.5 Å². The standard InChI is InChI=1S/C37H46N6O10S/c1-24(2)18-29(41-34(48)28(40-23-44)16-17-54-3)35(49)42-30(19-25-10-6-4-7-11-25)33(47)38-20-27(36(50)53-43-31(45)14-15-32(43)46)21-39-37(51)52-22-26-12-8-5-9-13-26/h4-13,21,23-24,27-30H,14-20,22H2,1-3H3,(H,38,47)(H,40,44)(H,41,48)(H,42,49)/b39-21-/t27?,28-,29-,30-/m0/s1. The third kappa shape index (κ3) is 14.4. The number of rotatable bonds is 21. The van der Waals surface area contributed by atoms with Crippen LogP contribution in [0.2, 0.25) is 0 Å². The first-order chi connectivity index (χ1) is 25.9. The molecule has 1 aliphatic heterocycles. The van der Waals surface area contributed by atoms with Gasteiger partial charge in [-0.2, -0.15) is 16.8 Å². The van der Waals surface area contributed by atoms with Crippen molar-refractivity contribution >= 4 is 66.0 Å². The lowest BCUT2D eigenvalue weighted by molar-refractivity contribution is -0.198. The molecule has 3 rings (SSSR count). The third-order valence-corrected chi connectivity index (χ3v) is 8.65. The molecule has 1 fully saturated rings. The summed E-state index contributed by atoms with van der Waals surface area (Å²) in [5.74, 6) is -5.54. The number of carbonyl (C=O) groups excluding carboxylic acids is 8. The molecule has 1 aliphatic rings. The molecule has 16 nitrogen and oxygen atoms in total. The summed E-state index contributed by atoms with van der Waals surface area (Å²) in [7, 11) is 0. The minimum Gasteiger partial charge on any atom is -0.443 e. The molecule has 1 unspecified atom stereocenters. The van der Waals surface area contributed by atoms with Crippen molar-refractivity contribution in [2.75, 3.05) is 18.6 Å². The van der Waals surface area contributed by atoms with E-state index in [1.54, 1.807) is 60.7 Å². The second kappa shape index (κ2) is 22.5. The first kappa shape index (κ1) is 42.8. The highest BCUT2D eigenvalue weighted by Gasteiger charge is 2.35. The van der Waals surface area contributed by atoms with Crippen LogP contribution in [0.25, 0.3) is 0 Å². The highest BCUT2D eigenvalue weighted by Crippen LogP contribution is 2.14. The van der Waals surface area contributed by atoms with Crippen molar-refractivity contribution in [1.82, 2.24) is 26.3 Å². The lowest BCUT2D eigenvalue weighted by Crippen LogP contribution is -2.57. The predicted octanol–water partition coefficient (Wildman–Crippen LogP) is 1.86. The van der Waals surface area contributed by atoms with Crippen LogP contribution in [0.15, 0.2) is 65.7 Å². The van der Waals surface area contributed by atoms with Gasteiger partial charge in [0.1, 0.15) is 30.7 Å². The average molecular weight is 767 g/mol. The molecule has 0 bridgehead atoms. The molecule has 2 aromatic rings. The maximum Gasteiger partial charge on any atom is 0.433 e. The van der Waals surface area contributed by atoms with Crippen LogP contribution in [0.4, 0.5) is 4.79 Å². The summed E-state index contributed by atoms with van der Waals surface area (Å²) in [6.45, 7) is 3.09. The van der Waals surface area contributed by atoms with Gasteiger partial charge in [0.05, 0.1) is 0 Å². The normalized spacial score (nSPS) is 14.9. The molecule has 54 heavy (non-hydrogen) atoms. The zero-order chi connectivity index (χ0) is 39.5. The van der Waals surface area contributed by atoms with Gasteiger partial charge in [0.25, 0.3) is 11.8 Å². The van der Waals surface area contributed by atoms with Crippen LogP contribution in [0.1, 0.15) is 50.7 Å². The summed E-state index contributed by atoms with van der Waals surface area (Å²) in [5.41, 5.74) is 1.37. The van der Waals surface area contributed by atoms with E-state index in [9.17, 15) is 38.4 Å². The second-order valence-electron chi connectivity index (χ2n) is 12.7. The van der Waals surface area contributed by atoms with Crippen molar-refractivity contribution in [3.8, 4) is 0 Å². The Morgan fingerprint density at radius 2 is 1.44 bits per heavy atom. The van der Waals surface area contributed by atoms with Crippen molar-refractivity contribution < 1.29 is 47.9 Å². The number of thioether (sulfide) groups is 1. The molecule has 0 aliphatic carbocycles. The Morgan fingerprint density at radius 1 is 0.852 bits per heavy atom. The van der Waals surface area contributed by atoms with Gasteiger partial charge in [0.2, 0.25) is 24.1 Å². The smallest absolute Gasteiger partial charge is 0.433 e. The molecule has 0 aromatic heterocycles. The molecule has 1 saturated heterocycles. The van der Waals surface area contributed by atoms with E-state index in [1.807, 2.05) is 20.1 Å². The number of amides is 7. The number of nitrogens with one attached hydrogen (secondary N) is 4. The molecule has 17 heteroatoms. The molecule has 0 radical (unpaired) electrons. The molecule has 0 saturated carbocycles. The van der Waals surface area contributed by atoms with Crippen LogP contribution < -0.4 is 21.3 Å². The van der Waals surface area contributed by atoms with Gasteiger partial charge in [0, 0.05) is 32.0 Å². The molecule has 290 valence electrons. The lowest BCUT2D eigenvalue weighted by atomic mass is 10.0. The monoisotopic (exact) mass is 766 g/mol. The summed E-state index contributed by atoms with van der Waals surface area (Å²) >= 11 is 1.49. The van der Waals surface area contributed by atoms with Crippen molar-refractivity contribution in [3.63, 3.8) is 0 Å². The zero-order valence-electron chi connectivity index (χ0n) is 30.4. The van der Waals surface area contributed by atoms with Crippen molar-refractivity contribution in [3.05, 3.63) is 71.8 Å². The van der Waals surface area contributed by atoms with E-state index >= 15 is 0 Å². The van der Waals surface area contributed by atoms with Gasteiger partial charge < -0.3 is 30.8 Å². The largest absolute Gasteiger partial charge is 0.443 e. The van der Waals surface area contributed by atoms with Crippen LogP contribution in [-0.4, -0.2) is 96.0 Å². The summed E-state index contributed by atoms with van der Waals surface area (Å²) < 4.78 is 5.13. The highest BCUT2D eigenvalue weighted by molar-refractivity contribution is 7.98. The van der Waals surface area contributed by atoms with Gasteiger partial charge in [-0.15, -0.1) is 5.06 Å². The summed E-state index contributed by atoms with van der Waals surface area (Å²) in [6, 6.07) is 14.4. The molecule has 2 aromatic carbocycles. The van der Waals surface area contributed by atoms with Gasteiger partial charge in [-0.25, -0.2) is 9.59 Å². The average Bonchev–Trinajstić information content (AvgIpc) is 3.47. The van der Waals surface area contributed by atoms with E-state index in [0.29, 0.717) is 34.8 Å².